The van der Waals surface area contributed by atoms with Gasteiger partial charge in [0.1, 0.15) is 5.75 Å². The number of para-hydroxylation sites is 1. The van der Waals surface area contributed by atoms with Crippen molar-refractivity contribution in [1.29, 1.82) is 0 Å². The lowest BCUT2D eigenvalue weighted by Gasteiger charge is -2.23. The summed E-state index contributed by atoms with van der Waals surface area (Å²) in [5.41, 5.74) is 7.97. The van der Waals surface area contributed by atoms with Crippen LogP contribution in [0.1, 0.15) is 19.8 Å². The molecular formula is C15H27N3O. The Balaban J connectivity index is 2.65. The van der Waals surface area contributed by atoms with Crippen LogP contribution in [-0.2, 0) is 0 Å². The van der Waals surface area contributed by atoms with Crippen LogP contribution in [0.3, 0.4) is 0 Å². The van der Waals surface area contributed by atoms with Gasteiger partial charge in [-0.3, -0.25) is 0 Å². The lowest BCUT2D eigenvalue weighted by Crippen LogP contribution is -2.24. The second-order valence-corrected chi connectivity index (χ2v) is 5.12. The van der Waals surface area contributed by atoms with Gasteiger partial charge in [0.25, 0.3) is 0 Å². The van der Waals surface area contributed by atoms with E-state index in [1.54, 1.807) is 0 Å². The number of rotatable bonds is 8. The van der Waals surface area contributed by atoms with Gasteiger partial charge in [0.05, 0.1) is 18.0 Å². The Labute approximate surface area is 117 Å². The average Bonchev–Trinajstić information content (AvgIpc) is 2.37. The van der Waals surface area contributed by atoms with Crippen molar-refractivity contribution < 1.29 is 4.74 Å². The molecule has 0 heterocycles. The number of nitrogen functional groups attached to an aromatic ring is 1. The summed E-state index contributed by atoms with van der Waals surface area (Å²) >= 11 is 0. The minimum atomic E-state index is 0.706. The Kier molecular flexibility index (Phi) is 6.50. The van der Waals surface area contributed by atoms with Crippen LogP contribution in [0.5, 0.6) is 5.75 Å². The smallest absolute Gasteiger partial charge is 0.144 e. The summed E-state index contributed by atoms with van der Waals surface area (Å²) in [5, 5.41) is 0. The summed E-state index contributed by atoms with van der Waals surface area (Å²) in [6.45, 7) is 4.86. The molecule has 0 fully saturated rings. The lowest BCUT2D eigenvalue weighted by molar-refractivity contribution is 0.319. The van der Waals surface area contributed by atoms with Gasteiger partial charge in [-0.05, 0) is 45.6 Å². The Morgan fingerprint density at radius 3 is 2.53 bits per heavy atom. The molecule has 2 N–H and O–H groups in total. The lowest BCUT2D eigenvalue weighted by atomic mass is 10.2. The van der Waals surface area contributed by atoms with Crippen LogP contribution >= 0.6 is 0 Å². The Morgan fingerprint density at radius 2 is 1.89 bits per heavy atom. The van der Waals surface area contributed by atoms with E-state index in [-0.39, 0.29) is 0 Å². The zero-order chi connectivity index (χ0) is 14.3. The molecule has 1 aromatic carbocycles. The molecule has 1 aromatic rings. The molecule has 0 amide bonds. The van der Waals surface area contributed by atoms with E-state index < -0.39 is 0 Å². The predicted molar refractivity (Wildman–Crippen MR) is 83.1 cm³/mol. The number of ether oxygens (including phenoxy) is 1. The zero-order valence-electron chi connectivity index (χ0n) is 12.6. The summed E-state index contributed by atoms with van der Waals surface area (Å²) in [6, 6.07) is 5.98. The van der Waals surface area contributed by atoms with Gasteiger partial charge in [0.2, 0.25) is 0 Å². The Morgan fingerprint density at radius 1 is 1.16 bits per heavy atom. The van der Waals surface area contributed by atoms with E-state index in [1.165, 1.54) is 0 Å². The normalized spacial score (nSPS) is 10.8. The highest BCUT2D eigenvalue weighted by molar-refractivity contribution is 5.73. The largest absolute Gasteiger partial charge is 0.491 e. The third kappa shape index (κ3) is 4.99. The van der Waals surface area contributed by atoms with Gasteiger partial charge in [-0.25, -0.2) is 0 Å². The van der Waals surface area contributed by atoms with Gasteiger partial charge in [0.15, 0.2) is 0 Å². The molecule has 1 rings (SSSR count). The fourth-order valence-corrected chi connectivity index (χ4v) is 1.95. The highest BCUT2D eigenvalue weighted by Crippen LogP contribution is 2.31. The SMILES string of the molecule is CCCOc1cccc(N(C)CCCN(C)C)c1N. The van der Waals surface area contributed by atoms with Crippen molar-refractivity contribution in [2.75, 3.05) is 51.5 Å². The molecule has 0 aliphatic heterocycles. The van der Waals surface area contributed by atoms with Crippen LogP contribution < -0.4 is 15.4 Å². The number of nitrogens with zero attached hydrogens (tertiary/aromatic N) is 2. The van der Waals surface area contributed by atoms with E-state index in [0.717, 1.165) is 43.1 Å². The van der Waals surface area contributed by atoms with Gasteiger partial charge in [-0.2, -0.15) is 0 Å². The first-order chi connectivity index (χ1) is 9.06. The number of benzene rings is 1. The van der Waals surface area contributed by atoms with Crippen molar-refractivity contribution >= 4 is 11.4 Å². The second-order valence-electron chi connectivity index (χ2n) is 5.12. The van der Waals surface area contributed by atoms with E-state index >= 15 is 0 Å². The Bertz CT molecular complexity index is 380. The van der Waals surface area contributed by atoms with E-state index in [2.05, 4.69) is 37.9 Å². The van der Waals surface area contributed by atoms with Crippen molar-refractivity contribution in [2.45, 2.75) is 19.8 Å². The van der Waals surface area contributed by atoms with E-state index in [4.69, 9.17) is 10.5 Å². The first-order valence-corrected chi connectivity index (χ1v) is 6.93. The molecule has 108 valence electrons. The molecule has 0 atom stereocenters. The zero-order valence-corrected chi connectivity index (χ0v) is 12.6. The number of hydrogen-bond acceptors (Lipinski definition) is 4. The van der Waals surface area contributed by atoms with Crippen LogP contribution in [0.25, 0.3) is 0 Å². The number of anilines is 2. The summed E-state index contributed by atoms with van der Waals surface area (Å²) in [7, 11) is 6.26. The third-order valence-electron chi connectivity index (χ3n) is 3.01. The molecule has 0 radical (unpaired) electrons. The van der Waals surface area contributed by atoms with E-state index in [9.17, 15) is 0 Å². The highest BCUT2D eigenvalue weighted by Gasteiger charge is 2.09. The molecule has 19 heavy (non-hydrogen) atoms. The van der Waals surface area contributed by atoms with Gasteiger partial charge in [0, 0.05) is 13.6 Å². The molecule has 0 unspecified atom stereocenters. The Hall–Kier alpha value is -1.42. The standard InChI is InChI=1S/C15H27N3O/c1-5-12-19-14-9-6-8-13(15(14)16)18(4)11-7-10-17(2)3/h6,8-9H,5,7,10-12,16H2,1-4H3. The monoisotopic (exact) mass is 265 g/mol. The fraction of sp³-hybridized carbons (Fsp3) is 0.600. The molecule has 0 bridgehead atoms. The van der Waals surface area contributed by atoms with Crippen molar-refractivity contribution in [2.24, 2.45) is 0 Å². The van der Waals surface area contributed by atoms with Gasteiger partial charge in [-0.15, -0.1) is 0 Å². The summed E-state index contributed by atoms with van der Waals surface area (Å²) in [4.78, 5) is 4.38. The maximum absolute atomic E-state index is 6.18. The fourth-order valence-electron chi connectivity index (χ4n) is 1.95. The van der Waals surface area contributed by atoms with Crippen molar-refractivity contribution in [3.63, 3.8) is 0 Å². The number of hydrogen-bond donors (Lipinski definition) is 1. The maximum Gasteiger partial charge on any atom is 0.144 e. The summed E-state index contributed by atoms with van der Waals surface area (Å²) < 4.78 is 5.66. The van der Waals surface area contributed by atoms with Gasteiger partial charge < -0.3 is 20.3 Å². The molecule has 4 heteroatoms. The molecule has 0 saturated heterocycles. The second kappa shape index (κ2) is 7.89. The molecular weight excluding hydrogens is 238 g/mol. The first kappa shape index (κ1) is 15.6. The minimum Gasteiger partial charge on any atom is -0.491 e. The van der Waals surface area contributed by atoms with E-state index in [0.29, 0.717) is 6.61 Å². The van der Waals surface area contributed by atoms with Gasteiger partial charge in [-0.1, -0.05) is 13.0 Å². The van der Waals surface area contributed by atoms with Crippen LogP contribution in [0.15, 0.2) is 18.2 Å². The van der Waals surface area contributed by atoms with Crippen LogP contribution in [0.2, 0.25) is 0 Å². The van der Waals surface area contributed by atoms with Crippen molar-refractivity contribution in [1.82, 2.24) is 4.90 Å². The van der Waals surface area contributed by atoms with Crippen molar-refractivity contribution in [3.05, 3.63) is 18.2 Å². The highest BCUT2D eigenvalue weighted by atomic mass is 16.5. The average molecular weight is 265 g/mol. The van der Waals surface area contributed by atoms with Gasteiger partial charge >= 0.3 is 0 Å². The minimum absolute atomic E-state index is 0.706. The first-order valence-electron chi connectivity index (χ1n) is 6.93. The van der Waals surface area contributed by atoms with Crippen LogP contribution in [0.4, 0.5) is 11.4 Å². The number of nitrogens with two attached hydrogens (primary N) is 1. The van der Waals surface area contributed by atoms with Crippen LogP contribution in [-0.4, -0.2) is 45.7 Å². The molecule has 0 aliphatic rings. The molecule has 0 saturated carbocycles. The third-order valence-corrected chi connectivity index (χ3v) is 3.01. The molecule has 4 nitrogen and oxygen atoms in total. The topological polar surface area (TPSA) is 41.7 Å². The molecule has 0 aliphatic carbocycles. The summed E-state index contributed by atoms with van der Waals surface area (Å²) in [5.74, 6) is 0.791. The quantitative estimate of drug-likeness (QED) is 0.733. The molecule has 0 aromatic heterocycles. The summed E-state index contributed by atoms with van der Waals surface area (Å²) in [6.07, 6.45) is 2.10. The van der Waals surface area contributed by atoms with Crippen molar-refractivity contribution in [3.8, 4) is 5.75 Å². The predicted octanol–water partition coefficient (Wildman–Crippen LogP) is 2.45. The van der Waals surface area contributed by atoms with Crippen LogP contribution in [0, 0.1) is 0 Å². The molecule has 0 spiro atoms. The van der Waals surface area contributed by atoms with E-state index in [1.807, 2.05) is 18.2 Å². The maximum atomic E-state index is 6.18.